The number of phenols is 2. The molecule has 0 bridgehead atoms. The van der Waals surface area contributed by atoms with E-state index in [1.807, 2.05) is 31.2 Å². The molecule has 0 aliphatic rings. The van der Waals surface area contributed by atoms with Crippen LogP contribution in [0.5, 0.6) is 11.5 Å². The largest absolute Gasteiger partial charge is 0.508 e. The highest BCUT2D eigenvalue weighted by Crippen LogP contribution is 2.34. The molecule has 0 atom stereocenters. The average Bonchev–Trinajstić information content (AvgIpc) is 2.54. The molecule has 0 saturated heterocycles. The first-order chi connectivity index (χ1) is 11.9. The summed E-state index contributed by atoms with van der Waals surface area (Å²) in [6.07, 6.45) is 0. The number of benzene rings is 2. The van der Waals surface area contributed by atoms with E-state index in [9.17, 15) is 15.0 Å². The van der Waals surface area contributed by atoms with Crippen molar-refractivity contribution in [2.75, 3.05) is 0 Å². The Kier molecular flexibility index (Phi) is 3.98. The van der Waals surface area contributed by atoms with Crippen molar-refractivity contribution < 1.29 is 15.0 Å². The molecule has 0 fully saturated rings. The van der Waals surface area contributed by atoms with Gasteiger partial charge in [-0.05, 0) is 24.6 Å². The number of nitrogens with two attached hydrogens (primary N) is 2. The number of rotatable bonds is 2. The highest BCUT2D eigenvalue weighted by Gasteiger charge is 2.17. The van der Waals surface area contributed by atoms with E-state index < -0.39 is 5.91 Å². The summed E-state index contributed by atoms with van der Waals surface area (Å²) in [6, 6.07) is 11.5. The van der Waals surface area contributed by atoms with Crippen LogP contribution in [-0.2, 0) is 0 Å². The fraction of sp³-hybridized carbons (Fsp3) is 0.0556. The highest BCUT2D eigenvalue weighted by molar-refractivity contribution is 6.11. The monoisotopic (exact) mass is 336 g/mol. The van der Waals surface area contributed by atoms with Crippen LogP contribution in [0, 0.1) is 6.92 Å². The van der Waals surface area contributed by atoms with E-state index in [2.05, 4.69) is 9.98 Å². The first-order valence-electron chi connectivity index (χ1n) is 7.43. The summed E-state index contributed by atoms with van der Waals surface area (Å²) in [7, 11) is 0. The molecule has 6 N–H and O–H groups in total. The van der Waals surface area contributed by atoms with Crippen LogP contribution in [0.4, 0.5) is 0 Å². The van der Waals surface area contributed by atoms with Crippen LogP contribution < -0.4 is 11.5 Å². The number of aryl methyl sites for hydroxylation is 1. The third-order valence-electron chi connectivity index (χ3n) is 3.76. The molecule has 1 heterocycles. The Balaban J connectivity index is 2.37. The molecule has 7 heteroatoms. The Labute approximate surface area is 143 Å². The lowest BCUT2D eigenvalue weighted by Crippen LogP contribution is -2.24. The number of nitrogens with zero attached hydrogens (tertiary/aromatic N) is 2. The van der Waals surface area contributed by atoms with Gasteiger partial charge in [-0.1, -0.05) is 24.3 Å². The van der Waals surface area contributed by atoms with Crippen molar-refractivity contribution in [2.24, 2.45) is 16.5 Å². The van der Waals surface area contributed by atoms with Gasteiger partial charge in [0.2, 0.25) is 0 Å². The van der Waals surface area contributed by atoms with E-state index in [0.29, 0.717) is 5.69 Å². The molecule has 1 amide bonds. The number of aromatic hydroxyl groups is 2. The number of carbonyl (C=O) groups is 1. The number of amides is 1. The quantitative estimate of drug-likeness (QED) is 0.418. The Morgan fingerprint density at radius 3 is 2.52 bits per heavy atom. The molecule has 0 unspecified atom stereocenters. The number of phenolic OH excluding ortho intramolecular Hbond substituents is 2. The second-order valence-corrected chi connectivity index (χ2v) is 5.57. The third kappa shape index (κ3) is 3.07. The van der Waals surface area contributed by atoms with Crippen molar-refractivity contribution in [3.8, 4) is 22.8 Å². The molecule has 1 aromatic heterocycles. The third-order valence-corrected chi connectivity index (χ3v) is 3.76. The lowest BCUT2D eigenvalue weighted by atomic mass is 10.0. The first kappa shape index (κ1) is 16.3. The van der Waals surface area contributed by atoms with Gasteiger partial charge in [-0.3, -0.25) is 4.79 Å². The van der Waals surface area contributed by atoms with E-state index >= 15 is 0 Å². The molecule has 7 nitrogen and oxygen atoms in total. The number of pyridine rings is 1. The fourth-order valence-electron chi connectivity index (χ4n) is 2.65. The Morgan fingerprint density at radius 2 is 1.84 bits per heavy atom. The number of aromatic nitrogens is 1. The predicted molar refractivity (Wildman–Crippen MR) is 95.4 cm³/mol. The summed E-state index contributed by atoms with van der Waals surface area (Å²) in [5.41, 5.74) is 13.1. The summed E-state index contributed by atoms with van der Waals surface area (Å²) < 4.78 is 0. The Bertz CT molecular complexity index is 1020. The molecule has 2 aromatic carbocycles. The first-order valence-corrected chi connectivity index (χ1v) is 7.43. The maximum absolute atomic E-state index is 12.4. The van der Waals surface area contributed by atoms with Gasteiger partial charge in [0.1, 0.15) is 17.0 Å². The van der Waals surface area contributed by atoms with Gasteiger partial charge in [-0.25, -0.2) is 4.98 Å². The predicted octanol–water partition coefficient (Wildman–Crippen LogP) is 2.04. The van der Waals surface area contributed by atoms with Crippen LogP contribution in [0.2, 0.25) is 0 Å². The van der Waals surface area contributed by atoms with Gasteiger partial charge in [0.15, 0.2) is 5.96 Å². The van der Waals surface area contributed by atoms with Crippen molar-refractivity contribution in [1.82, 2.24) is 4.98 Å². The minimum atomic E-state index is -0.688. The summed E-state index contributed by atoms with van der Waals surface area (Å²) in [5, 5.41) is 20.2. The molecular weight excluding hydrogens is 320 g/mol. The number of guanidine groups is 1. The Morgan fingerprint density at radius 1 is 1.12 bits per heavy atom. The normalized spacial score (nSPS) is 10.6. The summed E-state index contributed by atoms with van der Waals surface area (Å²) >= 11 is 0. The fourth-order valence-corrected chi connectivity index (χ4v) is 2.65. The molecule has 0 saturated carbocycles. The van der Waals surface area contributed by atoms with Crippen LogP contribution >= 0.6 is 0 Å². The maximum atomic E-state index is 12.4. The van der Waals surface area contributed by atoms with Crippen molar-refractivity contribution >= 4 is 22.8 Å². The topological polar surface area (TPSA) is 135 Å². The maximum Gasteiger partial charge on any atom is 0.280 e. The van der Waals surface area contributed by atoms with Crippen LogP contribution in [0.25, 0.3) is 22.2 Å². The van der Waals surface area contributed by atoms with Gasteiger partial charge in [-0.2, -0.15) is 4.99 Å². The highest BCUT2D eigenvalue weighted by atomic mass is 16.3. The number of aliphatic imine (C=N–C) groups is 1. The summed E-state index contributed by atoms with van der Waals surface area (Å²) in [4.78, 5) is 20.4. The van der Waals surface area contributed by atoms with Gasteiger partial charge in [-0.15, -0.1) is 0 Å². The van der Waals surface area contributed by atoms with Gasteiger partial charge in [0, 0.05) is 17.0 Å². The van der Waals surface area contributed by atoms with Gasteiger partial charge < -0.3 is 21.7 Å². The van der Waals surface area contributed by atoms with E-state index in [0.717, 1.165) is 17.2 Å². The molecular formula is C18H16N4O3. The molecule has 0 spiro atoms. The number of hydrogen-bond acceptors (Lipinski definition) is 4. The summed E-state index contributed by atoms with van der Waals surface area (Å²) in [6.45, 7) is 1.91. The zero-order chi connectivity index (χ0) is 18.1. The molecule has 0 radical (unpaired) electrons. The van der Waals surface area contributed by atoms with Crippen LogP contribution in [0.1, 0.15) is 15.9 Å². The minimum absolute atomic E-state index is 0.128. The van der Waals surface area contributed by atoms with Crippen molar-refractivity contribution in [2.45, 2.75) is 6.92 Å². The number of fused-ring (bicyclic) bond motifs is 1. The van der Waals surface area contributed by atoms with E-state index in [1.54, 1.807) is 6.07 Å². The molecule has 0 aliphatic heterocycles. The van der Waals surface area contributed by atoms with Crippen LogP contribution in [-0.4, -0.2) is 27.1 Å². The molecule has 126 valence electrons. The van der Waals surface area contributed by atoms with E-state index in [4.69, 9.17) is 11.5 Å². The minimum Gasteiger partial charge on any atom is -0.508 e. The molecule has 25 heavy (non-hydrogen) atoms. The second-order valence-electron chi connectivity index (χ2n) is 5.57. The van der Waals surface area contributed by atoms with E-state index in [-0.39, 0.29) is 33.9 Å². The lowest BCUT2D eigenvalue weighted by Gasteiger charge is -2.11. The van der Waals surface area contributed by atoms with Crippen molar-refractivity contribution in [3.63, 3.8) is 0 Å². The number of carbonyl (C=O) groups excluding carboxylic acids is 1. The van der Waals surface area contributed by atoms with Gasteiger partial charge in [0.25, 0.3) is 5.91 Å². The average molecular weight is 336 g/mol. The van der Waals surface area contributed by atoms with Crippen LogP contribution in [0.3, 0.4) is 0 Å². The molecule has 0 aliphatic carbocycles. The molecule has 3 aromatic rings. The number of hydrogen-bond donors (Lipinski definition) is 4. The van der Waals surface area contributed by atoms with Crippen molar-refractivity contribution in [1.29, 1.82) is 0 Å². The smallest absolute Gasteiger partial charge is 0.280 e. The van der Waals surface area contributed by atoms with E-state index in [1.165, 1.54) is 6.07 Å². The van der Waals surface area contributed by atoms with Gasteiger partial charge >= 0.3 is 0 Å². The zero-order valence-corrected chi connectivity index (χ0v) is 13.4. The SMILES string of the molecule is Cc1ccccc1-c1cc(C(=O)N=C(N)N)c2cc(O)cc(O)c2n1. The molecule has 3 rings (SSSR count). The van der Waals surface area contributed by atoms with Crippen molar-refractivity contribution in [3.05, 3.63) is 53.6 Å². The second kappa shape index (κ2) is 6.12. The Hall–Kier alpha value is -3.61. The lowest BCUT2D eigenvalue weighted by molar-refractivity contribution is 0.100. The van der Waals surface area contributed by atoms with Gasteiger partial charge in [0.05, 0.1) is 11.3 Å². The summed E-state index contributed by atoms with van der Waals surface area (Å²) in [5.74, 6) is -1.51. The standard InChI is InChI=1S/C18H16N4O3/c1-9-4-2-3-5-11(9)14-8-13(17(25)22-18(19)20)12-6-10(23)7-15(24)16(12)21-14/h2-8,23-24H,1H3,(H4,19,20,22,25). The van der Waals surface area contributed by atoms with Crippen LogP contribution in [0.15, 0.2) is 47.5 Å². The zero-order valence-electron chi connectivity index (χ0n) is 13.4.